The van der Waals surface area contributed by atoms with E-state index in [4.69, 9.17) is 0 Å². The Morgan fingerprint density at radius 2 is 2.13 bits per heavy atom. The summed E-state index contributed by atoms with van der Waals surface area (Å²) in [6.45, 7) is 0.134. The molecule has 0 amide bonds. The molecule has 0 unspecified atom stereocenters. The molecular weight excluding hydrogens is 216 g/mol. The highest BCUT2D eigenvalue weighted by Crippen LogP contribution is 2.18. The minimum atomic E-state index is -0.325. The van der Waals surface area contributed by atoms with E-state index in [0.29, 0.717) is 5.69 Å². The average molecular weight is 226 g/mol. The molecule has 1 rings (SSSR count). The number of nitrogens with zero attached hydrogens (tertiary/aromatic N) is 1. The van der Waals surface area contributed by atoms with Gasteiger partial charge in [0.05, 0.1) is 7.11 Å². The lowest BCUT2D eigenvalue weighted by Crippen LogP contribution is -2.17. The van der Waals surface area contributed by atoms with E-state index in [1.807, 2.05) is 0 Å². The number of nitrogens with one attached hydrogen (secondary N) is 1. The van der Waals surface area contributed by atoms with Gasteiger partial charge in [-0.05, 0) is 41.4 Å². The predicted molar refractivity (Wildman–Crippen MR) is 57.8 cm³/mol. The number of esters is 1. The number of carbonyl (C=O) groups is 1. The predicted octanol–water partition coefficient (Wildman–Crippen LogP) is 1.85. The Bertz CT molecular complexity index is 340. The summed E-state index contributed by atoms with van der Waals surface area (Å²) in [5, 5.41) is 2.78. The van der Waals surface area contributed by atoms with E-state index in [0.717, 1.165) is 4.90 Å². The fraction of sp³-hybridized carbons (Fsp3) is 0.222. The third-order valence-corrected chi connectivity index (χ3v) is 2.37. The summed E-state index contributed by atoms with van der Waals surface area (Å²) in [6, 6.07) is 6.70. The minimum absolute atomic E-state index is 0.134. The maximum absolute atomic E-state index is 10.7. The molecule has 1 N–H and O–H groups in total. The summed E-state index contributed by atoms with van der Waals surface area (Å²) in [7, 11) is 1.33. The quantitative estimate of drug-likeness (QED) is 0.471. The van der Waals surface area contributed by atoms with Crippen molar-refractivity contribution in [3.63, 3.8) is 0 Å². The van der Waals surface area contributed by atoms with E-state index in [1.165, 1.54) is 19.1 Å². The van der Waals surface area contributed by atoms with Crippen molar-refractivity contribution < 1.29 is 9.53 Å². The van der Waals surface area contributed by atoms with Gasteiger partial charge in [0.1, 0.15) is 12.2 Å². The average Bonchev–Trinajstić information content (AvgIpc) is 2.29. The molecule has 0 saturated heterocycles. The van der Waals surface area contributed by atoms with Crippen molar-refractivity contribution in [2.75, 3.05) is 13.7 Å². The van der Waals surface area contributed by atoms with Gasteiger partial charge in [-0.15, -0.1) is 4.91 Å². The fourth-order valence-electron chi connectivity index (χ4n) is 0.826. The topological polar surface area (TPSA) is 67.8 Å². The van der Waals surface area contributed by atoms with Crippen LogP contribution in [0.4, 0.5) is 5.69 Å². The summed E-state index contributed by atoms with van der Waals surface area (Å²) in [5.41, 5.74) is 0.382. The second-order valence-corrected chi connectivity index (χ2v) is 3.55. The van der Waals surface area contributed by atoms with Gasteiger partial charge in [0.2, 0.25) is 0 Å². The number of benzene rings is 1. The van der Waals surface area contributed by atoms with E-state index >= 15 is 0 Å². The zero-order valence-corrected chi connectivity index (χ0v) is 8.91. The normalized spacial score (nSPS) is 9.67. The maximum atomic E-state index is 10.7. The Morgan fingerprint density at radius 1 is 1.47 bits per heavy atom. The standard InChI is InChI=1S/C9H10N2O3S/c1-14-9(12)6-10-15-8-4-2-7(11-13)3-5-8/h2-5,10H,6H2,1H3. The largest absolute Gasteiger partial charge is 0.468 e. The summed E-state index contributed by atoms with van der Waals surface area (Å²) in [4.78, 5) is 21.8. The molecule has 0 bridgehead atoms. The Labute approximate surface area is 91.3 Å². The summed E-state index contributed by atoms with van der Waals surface area (Å²) in [6.07, 6.45) is 0. The van der Waals surface area contributed by atoms with E-state index in [-0.39, 0.29) is 12.5 Å². The number of carbonyl (C=O) groups excluding carboxylic acids is 1. The van der Waals surface area contributed by atoms with Gasteiger partial charge in [0, 0.05) is 4.90 Å². The van der Waals surface area contributed by atoms with Crippen molar-refractivity contribution in [1.29, 1.82) is 0 Å². The van der Waals surface area contributed by atoms with Crippen LogP contribution >= 0.6 is 11.9 Å². The Hall–Kier alpha value is -1.40. The molecule has 80 valence electrons. The van der Waals surface area contributed by atoms with Crippen molar-refractivity contribution in [3.8, 4) is 0 Å². The van der Waals surface area contributed by atoms with Crippen LogP contribution in [0.15, 0.2) is 34.3 Å². The lowest BCUT2D eigenvalue weighted by molar-refractivity contribution is -0.139. The van der Waals surface area contributed by atoms with Gasteiger partial charge in [-0.25, -0.2) is 4.72 Å². The second-order valence-electron chi connectivity index (χ2n) is 2.58. The molecule has 1 aromatic carbocycles. The van der Waals surface area contributed by atoms with Crippen LogP contribution < -0.4 is 4.72 Å². The molecule has 0 atom stereocenters. The van der Waals surface area contributed by atoms with Gasteiger partial charge < -0.3 is 4.74 Å². The molecule has 15 heavy (non-hydrogen) atoms. The highest BCUT2D eigenvalue weighted by molar-refractivity contribution is 7.97. The molecule has 0 fully saturated rings. The maximum Gasteiger partial charge on any atom is 0.320 e. The first kappa shape index (κ1) is 11.7. The molecule has 0 aromatic heterocycles. The summed E-state index contributed by atoms with van der Waals surface area (Å²) < 4.78 is 7.28. The van der Waals surface area contributed by atoms with Crippen LogP contribution in [0.3, 0.4) is 0 Å². The second kappa shape index (κ2) is 6.15. The van der Waals surface area contributed by atoms with Gasteiger partial charge >= 0.3 is 5.97 Å². The monoisotopic (exact) mass is 226 g/mol. The number of rotatable bonds is 5. The van der Waals surface area contributed by atoms with E-state index in [2.05, 4.69) is 14.6 Å². The molecule has 0 aliphatic carbocycles. The molecule has 0 aliphatic rings. The molecular formula is C9H10N2O3S. The van der Waals surface area contributed by atoms with Crippen molar-refractivity contribution >= 4 is 23.6 Å². The number of hydrogen-bond acceptors (Lipinski definition) is 6. The van der Waals surface area contributed by atoms with Crippen molar-refractivity contribution in [2.24, 2.45) is 5.18 Å². The number of methoxy groups -OCH3 is 1. The van der Waals surface area contributed by atoms with Crippen LogP contribution in [0, 0.1) is 4.91 Å². The fourth-order valence-corrected chi connectivity index (χ4v) is 1.45. The Balaban J connectivity index is 2.37. The lowest BCUT2D eigenvalue weighted by atomic mass is 10.3. The van der Waals surface area contributed by atoms with Gasteiger partial charge in [0.15, 0.2) is 0 Å². The van der Waals surface area contributed by atoms with Gasteiger partial charge in [-0.2, -0.15) is 0 Å². The smallest absolute Gasteiger partial charge is 0.320 e. The van der Waals surface area contributed by atoms with Crippen LogP contribution in [0.1, 0.15) is 0 Å². The van der Waals surface area contributed by atoms with Crippen molar-refractivity contribution in [1.82, 2.24) is 4.72 Å². The molecule has 0 spiro atoms. The minimum Gasteiger partial charge on any atom is -0.468 e. The Kier molecular flexibility index (Phi) is 4.79. The number of hydrogen-bond donors (Lipinski definition) is 1. The molecule has 0 radical (unpaired) electrons. The van der Waals surface area contributed by atoms with Crippen molar-refractivity contribution in [2.45, 2.75) is 4.90 Å². The van der Waals surface area contributed by atoms with Crippen LogP contribution in [-0.4, -0.2) is 19.6 Å². The van der Waals surface area contributed by atoms with Crippen LogP contribution in [-0.2, 0) is 9.53 Å². The highest BCUT2D eigenvalue weighted by atomic mass is 32.2. The first-order chi connectivity index (χ1) is 7.26. The van der Waals surface area contributed by atoms with Crippen LogP contribution in [0.25, 0.3) is 0 Å². The first-order valence-electron chi connectivity index (χ1n) is 4.16. The number of ether oxygens (including phenoxy) is 1. The van der Waals surface area contributed by atoms with E-state index in [1.54, 1.807) is 24.3 Å². The first-order valence-corrected chi connectivity index (χ1v) is 4.98. The van der Waals surface area contributed by atoms with Crippen LogP contribution in [0.2, 0.25) is 0 Å². The Morgan fingerprint density at radius 3 is 2.67 bits per heavy atom. The van der Waals surface area contributed by atoms with Gasteiger partial charge in [0.25, 0.3) is 0 Å². The molecule has 6 heteroatoms. The molecule has 0 heterocycles. The molecule has 5 nitrogen and oxygen atoms in total. The van der Waals surface area contributed by atoms with Gasteiger partial charge in [-0.1, -0.05) is 0 Å². The zero-order valence-electron chi connectivity index (χ0n) is 8.10. The lowest BCUT2D eigenvalue weighted by Gasteiger charge is -2.02. The zero-order chi connectivity index (χ0) is 11.1. The third-order valence-electron chi connectivity index (χ3n) is 1.58. The number of nitroso groups, excluding NO2 is 1. The SMILES string of the molecule is COC(=O)CNSc1ccc(N=O)cc1. The summed E-state index contributed by atoms with van der Waals surface area (Å²) in [5.74, 6) is -0.325. The molecule has 0 saturated carbocycles. The third kappa shape index (κ3) is 4.09. The van der Waals surface area contributed by atoms with E-state index < -0.39 is 0 Å². The van der Waals surface area contributed by atoms with Crippen LogP contribution in [0.5, 0.6) is 0 Å². The van der Waals surface area contributed by atoms with Gasteiger partial charge in [-0.3, -0.25) is 4.79 Å². The highest BCUT2D eigenvalue weighted by Gasteiger charge is 1.99. The summed E-state index contributed by atoms with van der Waals surface area (Å²) >= 11 is 1.29. The molecule has 0 aliphatic heterocycles. The van der Waals surface area contributed by atoms with Crippen molar-refractivity contribution in [3.05, 3.63) is 29.2 Å². The van der Waals surface area contributed by atoms with E-state index in [9.17, 15) is 9.70 Å². The molecule has 1 aromatic rings.